The molecule has 1 N–H and O–H groups in total. The predicted molar refractivity (Wildman–Crippen MR) is 91.4 cm³/mol. The maximum atomic E-state index is 12.6. The largest absolute Gasteiger partial charge is 0.493 e. The number of methoxy groups -OCH3 is 2. The zero-order chi connectivity index (χ0) is 18.7. The van der Waals surface area contributed by atoms with Crippen LogP contribution in [0.25, 0.3) is 0 Å². The summed E-state index contributed by atoms with van der Waals surface area (Å²) in [6.07, 6.45) is -0.190. The second-order valence-corrected chi connectivity index (χ2v) is 5.70. The van der Waals surface area contributed by atoms with Crippen molar-refractivity contribution in [3.8, 4) is 23.0 Å². The second-order valence-electron chi connectivity index (χ2n) is 5.70. The maximum Gasteiger partial charge on any atom is 0.311 e. The van der Waals surface area contributed by atoms with Crippen LogP contribution >= 0.6 is 0 Å². The summed E-state index contributed by atoms with van der Waals surface area (Å²) >= 11 is 0. The van der Waals surface area contributed by atoms with Crippen molar-refractivity contribution in [2.75, 3.05) is 21.0 Å². The molecule has 1 heterocycles. The van der Waals surface area contributed by atoms with Crippen molar-refractivity contribution in [1.82, 2.24) is 0 Å². The number of hydrogen-bond acceptors (Lipinski definition) is 6. The number of fused-ring (bicyclic) bond motifs is 1. The minimum absolute atomic E-state index is 0.0983. The highest BCUT2D eigenvalue weighted by molar-refractivity contribution is 5.99. The lowest BCUT2D eigenvalue weighted by molar-refractivity contribution is -0.138. The molecule has 1 atom stereocenters. The molecule has 1 aliphatic rings. The number of carbonyl (C=O) groups excluding carboxylic acids is 1. The summed E-state index contributed by atoms with van der Waals surface area (Å²) in [5, 5.41) is 9.58. The first-order valence-corrected chi connectivity index (χ1v) is 7.91. The standard InChI is InChI=1S/C19H18O7/c1-23-15-5-4-12(8-17(15)24-2)14(20)9-13(19(21)22)11-3-6-16-18(7-11)26-10-25-16/h3-8,13H,9-10H2,1-2H3,(H,21,22)/t13-/m0/s1. The van der Waals surface area contributed by atoms with Crippen LogP contribution in [0.2, 0.25) is 0 Å². The number of hydrogen-bond donors (Lipinski definition) is 1. The van der Waals surface area contributed by atoms with Gasteiger partial charge in [0.15, 0.2) is 28.8 Å². The highest BCUT2D eigenvalue weighted by Gasteiger charge is 2.26. The van der Waals surface area contributed by atoms with Crippen LogP contribution in [0.15, 0.2) is 36.4 Å². The number of rotatable bonds is 7. The fraction of sp³-hybridized carbons (Fsp3) is 0.263. The molecule has 136 valence electrons. The van der Waals surface area contributed by atoms with Gasteiger partial charge in [-0.2, -0.15) is 0 Å². The van der Waals surface area contributed by atoms with Crippen molar-refractivity contribution < 1.29 is 33.6 Å². The van der Waals surface area contributed by atoms with Crippen molar-refractivity contribution in [2.24, 2.45) is 0 Å². The first kappa shape index (κ1) is 17.6. The molecule has 0 unspecified atom stereocenters. The SMILES string of the molecule is COc1ccc(C(=O)C[C@H](C(=O)O)c2ccc3c(c2)OCO3)cc1OC. The van der Waals surface area contributed by atoms with Crippen LogP contribution in [0.3, 0.4) is 0 Å². The summed E-state index contributed by atoms with van der Waals surface area (Å²) in [6.45, 7) is 0.0983. The molecule has 7 heteroatoms. The highest BCUT2D eigenvalue weighted by Crippen LogP contribution is 2.36. The van der Waals surface area contributed by atoms with Gasteiger partial charge in [-0.25, -0.2) is 0 Å². The number of carbonyl (C=O) groups is 2. The fourth-order valence-electron chi connectivity index (χ4n) is 2.79. The third-order valence-electron chi connectivity index (χ3n) is 4.19. The number of benzene rings is 2. The number of carboxylic acid groups (broad SMARTS) is 1. The van der Waals surface area contributed by atoms with Gasteiger partial charge in [-0.3, -0.25) is 9.59 Å². The molecule has 7 nitrogen and oxygen atoms in total. The molecule has 0 spiro atoms. The van der Waals surface area contributed by atoms with E-state index < -0.39 is 11.9 Å². The molecule has 2 aromatic rings. The molecule has 0 radical (unpaired) electrons. The van der Waals surface area contributed by atoms with Crippen molar-refractivity contribution in [3.63, 3.8) is 0 Å². The highest BCUT2D eigenvalue weighted by atomic mass is 16.7. The summed E-state index contributed by atoms with van der Waals surface area (Å²) in [7, 11) is 2.97. The van der Waals surface area contributed by atoms with Crippen LogP contribution in [-0.2, 0) is 4.79 Å². The minimum Gasteiger partial charge on any atom is -0.493 e. The number of aliphatic carboxylic acids is 1. The van der Waals surface area contributed by atoms with Gasteiger partial charge < -0.3 is 24.1 Å². The van der Waals surface area contributed by atoms with Crippen molar-refractivity contribution in [1.29, 1.82) is 0 Å². The average Bonchev–Trinajstić information content (AvgIpc) is 3.12. The van der Waals surface area contributed by atoms with Crippen molar-refractivity contribution >= 4 is 11.8 Å². The van der Waals surface area contributed by atoms with Crippen LogP contribution < -0.4 is 18.9 Å². The number of carboxylic acids is 1. The van der Waals surface area contributed by atoms with Gasteiger partial charge >= 0.3 is 5.97 Å². The van der Waals surface area contributed by atoms with Crippen LogP contribution in [0, 0.1) is 0 Å². The molecular weight excluding hydrogens is 340 g/mol. The van der Waals surface area contributed by atoms with Crippen LogP contribution in [0.4, 0.5) is 0 Å². The lowest BCUT2D eigenvalue weighted by Crippen LogP contribution is -2.16. The fourth-order valence-corrected chi connectivity index (χ4v) is 2.79. The summed E-state index contributed by atoms with van der Waals surface area (Å²) in [4.78, 5) is 24.3. The smallest absolute Gasteiger partial charge is 0.311 e. The molecule has 3 rings (SSSR count). The Balaban J connectivity index is 1.84. The first-order chi connectivity index (χ1) is 12.5. The first-order valence-electron chi connectivity index (χ1n) is 7.91. The summed E-state index contributed by atoms with van der Waals surface area (Å²) < 4.78 is 20.8. The lowest BCUT2D eigenvalue weighted by Gasteiger charge is -2.14. The molecule has 0 aromatic heterocycles. The topological polar surface area (TPSA) is 91.3 Å². The summed E-state index contributed by atoms with van der Waals surface area (Å²) in [6, 6.07) is 9.62. The van der Waals surface area contributed by atoms with E-state index in [0.717, 1.165) is 0 Å². The van der Waals surface area contributed by atoms with Crippen molar-refractivity contribution in [3.05, 3.63) is 47.5 Å². The van der Waals surface area contributed by atoms with Gasteiger partial charge in [-0.15, -0.1) is 0 Å². The molecule has 0 saturated heterocycles. The Morgan fingerprint density at radius 1 is 1.04 bits per heavy atom. The van der Waals surface area contributed by atoms with E-state index in [2.05, 4.69) is 0 Å². The van der Waals surface area contributed by atoms with Gasteiger partial charge in [0.25, 0.3) is 0 Å². The summed E-state index contributed by atoms with van der Waals surface area (Å²) in [5.41, 5.74) is 0.838. The molecule has 0 saturated carbocycles. The maximum absolute atomic E-state index is 12.6. The number of Topliss-reactive ketones (excluding diaryl/α,β-unsaturated/α-hetero) is 1. The van der Waals surface area contributed by atoms with E-state index in [1.165, 1.54) is 14.2 Å². The van der Waals surface area contributed by atoms with Gasteiger partial charge in [-0.05, 0) is 35.9 Å². The van der Waals surface area contributed by atoms with Gasteiger partial charge in [0.2, 0.25) is 6.79 Å². The van der Waals surface area contributed by atoms with E-state index >= 15 is 0 Å². The minimum atomic E-state index is -1.09. The molecule has 2 aromatic carbocycles. The Kier molecular flexibility index (Phi) is 4.97. The molecule has 1 aliphatic heterocycles. The van der Waals surface area contributed by atoms with E-state index in [0.29, 0.717) is 34.1 Å². The van der Waals surface area contributed by atoms with Crippen LogP contribution in [-0.4, -0.2) is 37.9 Å². The van der Waals surface area contributed by atoms with E-state index in [1.807, 2.05) is 0 Å². The predicted octanol–water partition coefficient (Wildman–Crippen LogP) is 2.87. The molecule has 26 heavy (non-hydrogen) atoms. The Morgan fingerprint density at radius 2 is 1.77 bits per heavy atom. The lowest BCUT2D eigenvalue weighted by atomic mass is 9.91. The van der Waals surface area contributed by atoms with Gasteiger partial charge in [0.1, 0.15) is 0 Å². The molecule has 0 fully saturated rings. The van der Waals surface area contributed by atoms with Crippen LogP contribution in [0.5, 0.6) is 23.0 Å². The second kappa shape index (κ2) is 7.35. The Labute approximate surface area is 150 Å². The number of ketones is 1. The Hall–Kier alpha value is -3.22. The molecule has 0 bridgehead atoms. The Morgan fingerprint density at radius 3 is 2.46 bits per heavy atom. The van der Waals surface area contributed by atoms with Gasteiger partial charge in [0, 0.05) is 12.0 Å². The van der Waals surface area contributed by atoms with E-state index in [9.17, 15) is 14.7 Å². The molecule has 0 aliphatic carbocycles. The molecular formula is C19H18O7. The zero-order valence-corrected chi connectivity index (χ0v) is 14.4. The number of ether oxygens (including phenoxy) is 4. The van der Waals surface area contributed by atoms with Crippen molar-refractivity contribution in [2.45, 2.75) is 12.3 Å². The zero-order valence-electron chi connectivity index (χ0n) is 14.4. The van der Waals surface area contributed by atoms with Gasteiger partial charge in [-0.1, -0.05) is 6.07 Å². The van der Waals surface area contributed by atoms with E-state index in [-0.39, 0.29) is 19.0 Å². The van der Waals surface area contributed by atoms with Crippen LogP contribution in [0.1, 0.15) is 28.3 Å². The molecule has 0 amide bonds. The monoisotopic (exact) mass is 358 g/mol. The normalized spacial score (nSPS) is 13.2. The third kappa shape index (κ3) is 3.42. The van der Waals surface area contributed by atoms with E-state index in [1.54, 1.807) is 36.4 Å². The summed E-state index contributed by atoms with van der Waals surface area (Å²) in [5.74, 6) is -0.446. The Bertz CT molecular complexity index is 844. The average molecular weight is 358 g/mol. The quantitative estimate of drug-likeness (QED) is 0.761. The van der Waals surface area contributed by atoms with Gasteiger partial charge in [0.05, 0.1) is 20.1 Å². The van der Waals surface area contributed by atoms with E-state index in [4.69, 9.17) is 18.9 Å². The third-order valence-corrected chi connectivity index (χ3v) is 4.19.